The molecule has 2 heteroatoms. The standard InChI is InChI=1S/C11H21NO.C3H8.C2H6.H2/c1-2-11(13)10(12)8-9-6-4-3-5-7-9;1-3-2;1-2;/h9-10H,2-8,12H2,1H3;3H2,1-2H3;1-2H3;1H/t10-;;;/m0.../s1. The third kappa shape index (κ3) is 10.8. The first-order valence-corrected chi connectivity index (χ1v) is 7.93. The largest absolute Gasteiger partial charge is 0.322 e. The first kappa shape index (κ1) is 20.0. The average Bonchev–Trinajstić information content (AvgIpc) is 2.42. The maximum Gasteiger partial charge on any atom is 0.149 e. The smallest absolute Gasteiger partial charge is 0.149 e. The maximum atomic E-state index is 11.3. The zero-order valence-electron chi connectivity index (χ0n) is 13.3. The number of hydrogen-bond donors (Lipinski definition) is 1. The van der Waals surface area contributed by atoms with Gasteiger partial charge >= 0.3 is 0 Å². The molecule has 2 N–H and O–H groups in total. The van der Waals surface area contributed by atoms with Gasteiger partial charge in [-0.05, 0) is 12.3 Å². The lowest BCUT2D eigenvalue weighted by Gasteiger charge is -2.23. The van der Waals surface area contributed by atoms with Crippen molar-refractivity contribution in [3.8, 4) is 0 Å². The number of carbonyl (C=O) groups is 1. The summed E-state index contributed by atoms with van der Waals surface area (Å²) in [5, 5.41) is 0. The van der Waals surface area contributed by atoms with Gasteiger partial charge in [0, 0.05) is 7.85 Å². The van der Waals surface area contributed by atoms with Gasteiger partial charge in [0.05, 0.1) is 6.04 Å². The molecule has 1 rings (SSSR count). The van der Waals surface area contributed by atoms with Crippen molar-refractivity contribution in [2.45, 2.75) is 92.0 Å². The third-order valence-corrected chi connectivity index (χ3v) is 3.07. The molecule has 0 aromatic rings. The van der Waals surface area contributed by atoms with Gasteiger partial charge in [-0.3, -0.25) is 4.79 Å². The van der Waals surface area contributed by atoms with E-state index < -0.39 is 0 Å². The molecule has 1 atom stereocenters. The highest BCUT2D eigenvalue weighted by Gasteiger charge is 2.19. The van der Waals surface area contributed by atoms with Gasteiger partial charge in [-0.1, -0.05) is 73.1 Å². The fourth-order valence-electron chi connectivity index (χ4n) is 2.18. The summed E-state index contributed by atoms with van der Waals surface area (Å²) in [7, 11) is 0. The molecule has 18 heavy (non-hydrogen) atoms. The first-order chi connectivity index (χ1) is 8.65. The van der Waals surface area contributed by atoms with Crippen molar-refractivity contribution in [1.82, 2.24) is 0 Å². The monoisotopic (exact) mass is 259 g/mol. The lowest BCUT2D eigenvalue weighted by atomic mass is 9.84. The molecule has 0 aromatic carbocycles. The molecule has 1 aliphatic carbocycles. The van der Waals surface area contributed by atoms with Crippen molar-refractivity contribution in [3.05, 3.63) is 0 Å². The number of nitrogens with two attached hydrogens (primary N) is 1. The molecule has 0 radical (unpaired) electrons. The van der Waals surface area contributed by atoms with Crippen LogP contribution >= 0.6 is 0 Å². The van der Waals surface area contributed by atoms with Crippen molar-refractivity contribution >= 4 is 5.78 Å². The average molecular weight is 259 g/mol. The lowest BCUT2D eigenvalue weighted by Crippen LogP contribution is -2.32. The second kappa shape index (κ2) is 14.7. The summed E-state index contributed by atoms with van der Waals surface area (Å²) in [6.07, 6.45) is 9.36. The molecular weight excluding hydrogens is 222 g/mol. The second-order valence-corrected chi connectivity index (χ2v) is 4.87. The van der Waals surface area contributed by atoms with E-state index in [1.807, 2.05) is 20.8 Å². The predicted molar refractivity (Wildman–Crippen MR) is 83.9 cm³/mol. The van der Waals surface area contributed by atoms with Crippen LogP contribution in [0.3, 0.4) is 0 Å². The number of Topliss-reactive ketones (excluding diaryl/α,β-unsaturated/α-hetero) is 1. The summed E-state index contributed by atoms with van der Waals surface area (Å²) in [4.78, 5) is 11.3. The quantitative estimate of drug-likeness (QED) is 0.776. The highest BCUT2D eigenvalue weighted by atomic mass is 16.1. The summed E-state index contributed by atoms with van der Waals surface area (Å²) in [5.74, 6) is 0.949. The highest BCUT2D eigenvalue weighted by Crippen LogP contribution is 2.27. The fraction of sp³-hybridized carbons (Fsp3) is 0.938. The molecule has 0 saturated heterocycles. The molecular formula is C16H37NO. The summed E-state index contributed by atoms with van der Waals surface area (Å²) in [6.45, 7) is 10.1. The maximum absolute atomic E-state index is 11.3. The molecule has 2 nitrogen and oxygen atoms in total. The van der Waals surface area contributed by atoms with E-state index in [1.54, 1.807) is 0 Å². The van der Waals surface area contributed by atoms with E-state index >= 15 is 0 Å². The number of rotatable bonds is 4. The summed E-state index contributed by atoms with van der Waals surface area (Å²) in [5.41, 5.74) is 5.81. The van der Waals surface area contributed by atoms with Gasteiger partial charge in [-0.25, -0.2) is 0 Å². The second-order valence-electron chi connectivity index (χ2n) is 4.87. The number of ketones is 1. The van der Waals surface area contributed by atoms with Crippen LogP contribution in [-0.4, -0.2) is 11.8 Å². The topological polar surface area (TPSA) is 43.1 Å². The molecule has 112 valence electrons. The van der Waals surface area contributed by atoms with E-state index in [1.165, 1.54) is 38.5 Å². The van der Waals surface area contributed by atoms with Crippen LogP contribution in [-0.2, 0) is 4.79 Å². The minimum Gasteiger partial charge on any atom is -0.322 e. The van der Waals surface area contributed by atoms with E-state index in [9.17, 15) is 4.79 Å². The van der Waals surface area contributed by atoms with Gasteiger partial charge in [0.2, 0.25) is 0 Å². The molecule has 0 bridgehead atoms. The molecule has 1 aliphatic rings. The van der Waals surface area contributed by atoms with Gasteiger partial charge in [0.25, 0.3) is 0 Å². The van der Waals surface area contributed by atoms with E-state index in [4.69, 9.17) is 5.73 Å². The van der Waals surface area contributed by atoms with Gasteiger partial charge < -0.3 is 5.73 Å². The normalized spacial score (nSPS) is 16.8. The predicted octanol–water partition coefficient (Wildman–Crippen LogP) is 4.95. The van der Waals surface area contributed by atoms with Gasteiger partial charge in [0.1, 0.15) is 5.78 Å². The Morgan fingerprint density at radius 1 is 1.17 bits per heavy atom. The van der Waals surface area contributed by atoms with E-state index in [0.717, 1.165) is 12.3 Å². The molecule has 0 aromatic heterocycles. The third-order valence-electron chi connectivity index (χ3n) is 3.07. The molecule has 0 spiro atoms. The van der Waals surface area contributed by atoms with Crippen LogP contribution in [0.2, 0.25) is 0 Å². The Labute approximate surface area is 116 Å². The van der Waals surface area contributed by atoms with Crippen LogP contribution in [0.25, 0.3) is 0 Å². The molecule has 1 saturated carbocycles. The molecule has 0 amide bonds. The Morgan fingerprint density at radius 2 is 1.61 bits per heavy atom. The van der Waals surface area contributed by atoms with E-state index in [-0.39, 0.29) is 13.3 Å². The Balaban J connectivity index is -0.000000376. The van der Waals surface area contributed by atoms with Crippen molar-refractivity contribution in [2.75, 3.05) is 0 Å². The SMILES string of the molecule is CC.CCC.CCC(=O)[C@@H](N)CC1CCCCC1.[HH]. The van der Waals surface area contributed by atoms with Crippen LogP contribution in [0.4, 0.5) is 0 Å². The van der Waals surface area contributed by atoms with Crippen molar-refractivity contribution < 1.29 is 6.22 Å². The summed E-state index contributed by atoms with van der Waals surface area (Å²) < 4.78 is 0. The van der Waals surface area contributed by atoms with Crippen LogP contribution in [0.5, 0.6) is 0 Å². The number of carbonyl (C=O) groups excluding carboxylic acids is 1. The molecule has 0 heterocycles. The fourth-order valence-corrected chi connectivity index (χ4v) is 2.18. The van der Waals surface area contributed by atoms with Crippen LogP contribution in [0.15, 0.2) is 0 Å². The Morgan fingerprint density at radius 3 is 2.00 bits per heavy atom. The van der Waals surface area contributed by atoms with E-state index in [0.29, 0.717) is 6.42 Å². The van der Waals surface area contributed by atoms with Crippen molar-refractivity contribution in [1.29, 1.82) is 0 Å². The van der Waals surface area contributed by atoms with Crippen molar-refractivity contribution in [3.63, 3.8) is 0 Å². The van der Waals surface area contributed by atoms with Gasteiger partial charge in [-0.2, -0.15) is 0 Å². The molecule has 0 unspecified atom stereocenters. The molecule has 0 aliphatic heterocycles. The Bertz CT molecular complexity index is 180. The lowest BCUT2D eigenvalue weighted by molar-refractivity contribution is -0.120. The summed E-state index contributed by atoms with van der Waals surface area (Å²) >= 11 is 0. The van der Waals surface area contributed by atoms with E-state index in [2.05, 4.69) is 13.8 Å². The minimum atomic E-state index is -0.187. The van der Waals surface area contributed by atoms with Gasteiger partial charge in [0.15, 0.2) is 0 Å². The Kier molecular flexibility index (Phi) is 16.3. The summed E-state index contributed by atoms with van der Waals surface area (Å²) in [6, 6.07) is -0.187. The zero-order chi connectivity index (χ0) is 14.4. The van der Waals surface area contributed by atoms with Gasteiger partial charge in [-0.15, -0.1) is 0 Å². The Hall–Kier alpha value is -0.370. The zero-order valence-corrected chi connectivity index (χ0v) is 13.3. The molecule has 1 fully saturated rings. The highest BCUT2D eigenvalue weighted by molar-refractivity contribution is 5.83. The number of hydrogen-bond acceptors (Lipinski definition) is 2. The first-order valence-electron chi connectivity index (χ1n) is 7.93. The van der Waals surface area contributed by atoms with Crippen LogP contribution in [0.1, 0.15) is 87.4 Å². The van der Waals surface area contributed by atoms with Crippen molar-refractivity contribution in [2.24, 2.45) is 11.7 Å². The van der Waals surface area contributed by atoms with Crippen LogP contribution < -0.4 is 5.73 Å². The van der Waals surface area contributed by atoms with Crippen LogP contribution in [0, 0.1) is 5.92 Å². The minimum absolute atomic E-state index is 0.